The zero-order chi connectivity index (χ0) is 15.9. The molecule has 0 saturated carbocycles. The van der Waals surface area contributed by atoms with E-state index >= 15 is 0 Å². The average Bonchev–Trinajstić information content (AvgIpc) is 2.40. The number of phenolic OH excluding ortho intramolecular Hbond substituents is 2. The van der Waals surface area contributed by atoms with Crippen LogP contribution in [0.3, 0.4) is 0 Å². The fraction of sp³-hybridized carbons (Fsp3) is 0.250. The zero-order valence-corrected chi connectivity index (χ0v) is 13.2. The predicted molar refractivity (Wildman–Crippen MR) is 80.6 cm³/mol. The predicted octanol–water partition coefficient (Wildman–Crippen LogP) is 3.16. The van der Waals surface area contributed by atoms with Gasteiger partial charge in [-0.05, 0) is 51.0 Å². The van der Waals surface area contributed by atoms with Crippen LogP contribution in [0.5, 0.6) is 11.5 Å². The van der Waals surface area contributed by atoms with Crippen LogP contribution in [0, 0.1) is 27.7 Å². The molecule has 0 spiro atoms. The van der Waals surface area contributed by atoms with E-state index in [1.165, 1.54) is 12.1 Å². The first kappa shape index (κ1) is 15.4. The van der Waals surface area contributed by atoms with Crippen LogP contribution in [0.1, 0.15) is 22.3 Å². The molecule has 0 radical (unpaired) electrons. The fourth-order valence-electron chi connectivity index (χ4n) is 2.45. The smallest absolute Gasteiger partial charge is 0.207 e. The summed E-state index contributed by atoms with van der Waals surface area (Å²) in [5.41, 5.74) is 1.81. The summed E-state index contributed by atoms with van der Waals surface area (Å²) >= 11 is 0. The highest BCUT2D eigenvalue weighted by atomic mass is 32.2. The second-order valence-corrected chi connectivity index (χ2v) is 7.07. The van der Waals surface area contributed by atoms with Crippen LogP contribution in [0.25, 0.3) is 0 Å². The van der Waals surface area contributed by atoms with E-state index in [2.05, 4.69) is 0 Å². The van der Waals surface area contributed by atoms with E-state index in [1.807, 2.05) is 0 Å². The van der Waals surface area contributed by atoms with Crippen molar-refractivity contribution >= 4 is 9.84 Å². The number of hydrogen-bond donors (Lipinski definition) is 2. The molecule has 5 heteroatoms. The molecule has 112 valence electrons. The molecular formula is C16H18O4S. The molecule has 0 bridgehead atoms. The monoisotopic (exact) mass is 306 g/mol. The number of aromatic hydroxyl groups is 2. The van der Waals surface area contributed by atoms with Gasteiger partial charge < -0.3 is 10.2 Å². The molecule has 0 amide bonds. The highest BCUT2D eigenvalue weighted by Gasteiger charge is 2.26. The second kappa shape index (κ2) is 5.07. The Hall–Kier alpha value is -2.01. The second-order valence-electron chi connectivity index (χ2n) is 5.21. The van der Waals surface area contributed by atoms with Gasteiger partial charge in [-0.25, -0.2) is 8.42 Å². The highest BCUT2D eigenvalue weighted by Crippen LogP contribution is 2.36. The lowest BCUT2D eigenvalue weighted by Crippen LogP contribution is -2.08. The normalized spacial score (nSPS) is 11.6. The molecule has 2 rings (SSSR count). The highest BCUT2D eigenvalue weighted by molar-refractivity contribution is 7.91. The molecule has 0 fully saturated rings. The van der Waals surface area contributed by atoms with Gasteiger partial charge in [0.2, 0.25) is 9.84 Å². The third-order valence-electron chi connectivity index (χ3n) is 3.72. The minimum atomic E-state index is -3.81. The zero-order valence-electron chi connectivity index (χ0n) is 12.4. The maximum Gasteiger partial charge on any atom is 0.207 e. The van der Waals surface area contributed by atoms with Gasteiger partial charge in [-0.3, -0.25) is 0 Å². The molecule has 0 aliphatic carbocycles. The first-order chi connectivity index (χ1) is 9.67. The molecule has 0 aliphatic heterocycles. The Balaban J connectivity index is 2.81. The van der Waals surface area contributed by atoms with Gasteiger partial charge in [0.25, 0.3) is 0 Å². The number of rotatable bonds is 2. The molecule has 2 aromatic carbocycles. The molecule has 0 saturated heterocycles. The minimum absolute atomic E-state index is 0.0217. The van der Waals surface area contributed by atoms with Gasteiger partial charge >= 0.3 is 0 Å². The lowest BCUT2D eigenvalue weighted by atomic mass is 10.1. The lowest BCUT2D eigenvalue weighted by Gasteiger charge is -2.15. The largest absolute Gasteiger partial charge is 0.508 e. The van der Waals surface area contributed by atoms with Crippen molar-refractivity contribution in [3.63, 3.8) is 0 Å². The molecule has 2 N–H and O–H groups in total. The third kappa shape index (κ3) is 2.38. The molecule has 0 unspecified atom stereocenters. The van der Waals surface area contributed by atoms with E-state index in [0.29, 0.717) is 22.3 Å². The molecule has 0 aromatic heterocycles. The Kier molecular flexibility index (Phi) is 3.72. The summed E-state index contributed by atoms with van der Waals surface area (Å²) in [6.07, 6.45) is 0. The number of hydrogen-bond acceptors (Lipinski definition) is 4. The quantitative estimate of drug-likeness (QED) is 0.893. The van der Waals surface area contributed by atoms with Crippen LogP contribution < -0.4 is 0 Å². The average molecular weight is 306 g/mol. The van der Waals surface area contributed by atoms with E-state index in [1.54, 1.807) is 39.8 Å². The van der Waals surface area contributed by atoms with Crippen molar-refractivity contribution < 1.29 is 18.6 Å². The number of aryl methyl sites for hydroxylation is 2. The van der Waals surface area contributed by atoms with Gasteiger partial charge in [-0.1, -0.05) is 12.1 Å². The van der Waals surface area contributed by atoms with Crippen LogP contribution >= 0.6 is 0 Å². The topological polar surface area (TPSA) is 74.6 Å². The van der Waals surface area contributed by atoms with Crippen molar-refractivity contribution in [2.24, 2.45) is 0 Å². The standard InChI is InChI=1S/C16H18O4S/c1-9-6-8-14(12(4)15(9)18)21(19,20)16-10(2)5-7-13(17)11(16)3/h5-8,17-18H,1-4H3. The summed E-state index contributed by atoms with van der Waals surface area (Å²) < 4.78 is 25.8. The van der Waals surface area contributed by atoms with Gasteiger partial charge in [0.1, 0.15) is 11.5 Å². The summed E-state index contributed by atoms with van der Waals surface area (Å²) in [4.78, 5) is 0.149. The van der Waals surface area contributed by atoms with Gasteiger partial charge in [0.15, 0.2) is 0 Å². The van der Waals surface area contributed by atoms with E-state index < -0.39 is 9.84 Å². The van der Waals surface area contributed by atoms with Crippen LogP contribution in [0.15, 0.2) is 34.1 Å². The van der Waals surface area contributed by atoms with Crippen molar-refractivity contribution in [2.45, 2.75) is 37.5 Å². The lowest BCUT2D eigenvalue weighted by molar-refractivity contribution is 0.464. The van der Waals surface area contributed by atoms with E-state index in [-0.39, 0.29) is 21.3 Å². The summed E-state index contributed by atoms with van der Waals surface area (Å²) in [6, 6.07) is 6.10. The maximum absolute atomic E-state index is 12.9. The first-order valence-corrected chi connectivity index (χ1v) is 7.99. The molecule has 0 heterocycles. The van der Waals surface area contributed by atoms with E-state index in [0.717, 1.165) is 0 Å². The Bertz CT molecular complexity index is 821. The van der Waals surface area contributed by atoms with Crippen molar-refractivity contribution in [3.8, 4) is 11.5 Å². The Morgan fingerprint density at radius 3 is 2.00 bits per heavy atom. The van der Waals surface area contributed by atoms with Crippen molar-refractivity contribution in [1.29, 1.82) is 0 Å². The summed E-state index contributed by atoms with van der Waals surface area (Å²) in [5.74, 6) is -0.0836. The van der Waals surface area contributed by atoms with Crippen LogP contribution in [-0.2, 0) is 9.84 Å². The molecule has 4 nitrogen and oxygen atoms in total. The Labute approximate surface area is 124 Å². The van der Waals surface area contributed by atoms with Gasteiger partial charge in [0.05, 0.1) is 9.79 Å². The summed E-state index contributed by atoms with van der Waals surface area (Å²) in [6.45, 7) is 6.54. The van der Waals surface area contributed by atoms with Crippen LogP contribution in [0.2, 0.25) is 0 Å². The molecule has 0 aliphatic rings. The maximum atomic E-state index is 12.9. The summed E-state index contributed by atoms with van der Waals surface area (Å²) in [7, 11) is -3.81. The third-order valence-corrected chi connectivity index (χ3v) is 5.90. The van der Waals surface area contributed by atoms with E-state index in [4.69, 9.17) is 0 Å². The van der Waals surface area contributed by atoms with Crippen LogP contribution in [0.4, 0.5) is 0 Å². The molecule has 0 atom stereocenters. The van der Waals surface area contributed by atoms with Crippen molar-refractivity contribution in [3.05, 3.63) is 46.5 Å². The van der Waals surface area contributed by atoms with E-state index in [9.17, 15) is 18.6 Å². The molecule has 21 heavy (non-hydrogen) atoms. The van der Waals surface area contributed by atoms with Crippen LogP contribution in [-0.4, -0.2) is 18.6 Å². The number of phenols is 2. The summed E-state index contributed by atoms with van der Waals surface area (Å²) in [5, 5.41) is 19.8. The van der Waals surface area contributed by atoms with Gasteiger partial charge in [-0.2, -0.15) is 0 Å². The SMILES string of the molecule is Cc1ccc(S(=O)(=O)c2c(C)ccc(O)c2C)c(C)c1O. The Morgan fingerprint density at radius 1 is 0.810 bits per heavy atom. The minimum Gasteiger partial charge on any atom is -0.508 e. The number of benzene rings is 2. The van der Waals surface area contributed by atoms with Crippen molar-refractivity contribution in [2.75, 3.05) is 0 Å². The van der Waals surface area contributed by atoms with Gasteiger partial charge in [0, 0.05) is 11.1 Å². The van der Waals surface area contributed by atoms with Crippen molar-refractivity contribution in [1.82, 2.24) is 0 Å². The Morgan fingerprint density at radius 2 is 1.38 bits per heavy atom. The van der Waals surface area contributed by atoms with Gasteiger partial charge in [-0.15, -0.1) is 0 Å². The molecular weight excluding hydrogens is 288 g/mol. The molecule has 2 aromatic rings. The number of sulfone groups is 1. The fourth-order valence-corrected chi connectivity index (χ4v) is 4.41. The first-order valence-electron chi connectivity index (χ1n) is 6.51.